The van der Waals surface area contributed by atoms with E-state index in [1.54, 1.807) is 13.8 Å². The molecule has 0 fully saturated rings. The monoisotopic (exact) mass is 658 g/mol. The first-order chi connectivity index (χ1) is 21.0. The Morgan fingerprint density at radius 2 is 1.24 bits per heavy atom. The predicted molar refractivity (Wildman–Crippen MR) is 186 cm³/mol. The molecule has 0 aliphatic rings. The lowest BCUT2D eigenvalue weighted by Crippen LogP contribution is -2.57. The molecule has 0 heterocycles. The van der Waals surface area contributed by atoms with Crippen molar-refractivity contribution in [1.82, 2.24) is 16.0 Å². The van der Waals surface area contributed by atoms with E-state index in [4.69, 9.17) is 16.5 Å². The molecule has 13 nitrogen and oxygen atoms in total. The molecule has 0 aliphatic heterocycles. The van der Waals surface area contributed by atoms with Gasteiger partial charge in [-0.1, -0.05) is 33.6 Å². The van der Waals surface area contributed by atoms with E-state index >= 15 is 0 Å². The summed E-state index contributed by atoms with van der Waals surface area (Å²) in [4.78, 5) is 34.0. The lowest BCUT2D eigenvalue weighted by Gasteiger charge is -2.39. The van der Waals surface area contributed by atoms with Crippen molar-refractivity contribution in [3.63, 3.8) is 0 Å². The number of rotatable bonds is 22. The van der Waals surface area contributed by atoms with E-state index in [2.05, 4.69) is 41.7 Å². The van der Waals surface area contributed by atoms with Crippen LogP contribution >= 0.6 is 0 Å². The molecular weight excluding hydrogens is 590 g/mol. The summed E-state index contributed by atoms with van der Waals surface area (Å²) in [7, 11) is 0. The fraction of sp³-hybridized carbons (Fsp3) is 0.879. The van der Waals surface area contributed by atoms with Crippen LogP contribution in [0, 0.1) is 5.41 Å². The second-order valence-electron chi connectivity index (χ2n) is 15.1. The van der Waals surface area contributed by atoms with E-state index in [0.29, 0.717) is 37.5 Å². The molecule has 0 aromatic carbocycles. The number of aliphatic hydroxyl groups excluding tert-OH is 4. The van der Waals surface area contributed by atoms with E-state index in [9.17, 15) is 30.0 Å². The van der Waals surface area contributed by atoms with Gasteiger partial charge >= 0.3 is 0 Å². The molecule has 0 rings (SSSR count). The van der Waals surface area contributed by atoms with Crippen LogP contribution in [0.5, 0.6) is 0 Å². The van der Waals surface area contributed by atoms with Crippen LogP contribution in [0.2, 0.25) is 0 Å². The second kappa shape index (κ2) is 19.5. The Bertz CT molecular complexity index is 991. The molecule has 0 saturated carbocycles. The van der Waals surface area contributed by atoms with Crippen molar-refractivity contribution in [1.29, 1.82) is 0 Å². The van der Waals surface area contributed by atoms with Gasteiger partial charge in [0.05, 0.1) is 23.8 Å². The Morgan fingerprint density at radius 1 is 0.739 bits per heavy atom. The Balaban J connectivity index is 4.69. The molecule has 13 heteroatoms. The van der Waals surface area contributed by atoms with Crippen molar-refractivity contribution in [3.05, 3.63) is 0 Å². The number of nitrogens with zero attached hydrogens (tertiary/aromatic N) is 2. The van der Waals surface area contributed by atoms with Crippen molar-refractivity contribution in [2.75, 3.05) is 19.6 Å². The van der Waals surface area contributed by atoms with Gasteiger partial charge in [-0.3, -0.25) is 19.6 Å². The highest BCUT2D eigenvalue weighted by Gasteiger charge is 2.40. The topological polar surface area (TPSA) is 228 Å². The summed E-state index contributed by atoms with van der Waals surface area (Å²) in [5.74, 6) is -0.599. The zero-order valence-electron chi connectivity index (χ0n) is 30.2. The number of carbonyl (C=O) groups excluding carboxylic acids is 2. The molecule has 2 amide bonds. The van der Waals surface area contributed by atoms with Crippen LogP contribution in [0.15, 0.2) is 9.98 Å². The summed E-state index contributed by atoms with van der Waals surface area (Å²) in [6.45, 7) is 21.2. The van der Waals surface area contributed by atoms with Crippen LogP contribution in [0.4, 0.5) is 0 Å². The molecule has 46 heavy (non-hydrogen) atoms. The number of aliphatic imine (C=N–C) groups is 2. The molecule has 0 radical (unpaired) electrons. The van der Waals surface area contributed by atoms with E-state index in [1.165, 1.54) is 0 Å². The molecule has 4 atom stereocenters. The number of aliphatic hydroxyl groups is 4. The smallest absolute Gasteiger partial charge is 0.252 e. The minimum absolute atomic E-state index is 0.0704. The molecule has 0 spiro atoms. The first-order valence-electron chi connectivity index (χ1n) is 16.7. The summed E-state index contributed by atoms with van der Waals surface area (Å²) >= 11 is 0. The molecule has 0 aromatic rings. The summed E-state index contributed by atoms with van der Waals surface area (Å²) in [6.07, 6.45) is -1.83. The molecule has 0 aliphatic carbocycles. The number of nitrogens with two attached hydrogens (primary N) is 2. The minimum Gasteiger partial charge on any atom is -0.387 e. The SMILES string of the molecule is CCC(C)(C)NC(=O)[C@@H](O)[C@H](O)[C@H](O)[C@@H](O)C(=O)NCCC(C)(C)C(C)(C)N=C(N)CCCCCCC(N)=NCCNC(C)(C)C. The van der Waals surface area contributed by atoms with Crippen molar-refractivity contribution < 1.29 is 30.0 Å². The third-order valence-corrected chi connectivity index (χ3v) is 8.71. The van der Waals surface area contributed by atoms with Gasteiger partial charge in [-0.2, -0.15) is 0 Å². The summed E-state index contributed by atoms with van der Waals surface area (Å²) in [5, 5.41) is 49.5. The standard InChI is InChI=1S/C33H67N7O6/c1-11-32(7,8)40-29(46)27(44)25(42)24(41)26(43)28(45)37-19-18-31(5,6)33(9,10)39-23(35)17-15-13-12-14-16-22(34)36-20-21-38-30(2,3)4/h24-27,38,41-44H,11-21H2,1-10H3,(H2,34,36)(H2,35,39)(H,37,45)(H,40,46)/t24-,25+,26+,27-/m0/s1. The van der Waals surface area contributed by atoms with E-state index in [-0.39, 0.29) is 12.1 Å². The largest absolute Gasteiger partial charge is 0.387 e. The van der Waals surface area contributed by atoms with Gasteiger partial charge in [0.25, 0.3) is 11.8 Å². The van der Waals surface area contributed by atoms with E-state index in [1.807, 2.05) is 34.6 Å². The first-order valence-corrected chi connectivity index (χ1v) is 16.7. The highest BCUT2D eigenvalue weighted by atomic mass is 16.4. The van der Waals surface area contributed by atoms with Gasteiger partial charge in [-0.05, 0) is 79.6 Å². The summed E-state index contributed by atoms with van der Waals surface area (Å²) in [5.41, 5.74) is 10.8. The summed E-state index contributed by atoms with van der Waals surface area (Å²) in [6, 6.07) is 0. The van der Waals surface area contributed by atoms with E-state index in [0.717, 1.165) is 38.6 Å². The fourth-order valence-corrected chi connectivity index (χ4v) is 4.33. The third kappa shape index (κ3) is 17.0. The molecule has 11 N–H and O–H groups in total. The van der Waals surface area contributed by atoms with Crippen molar-refractivity contribution in [2.24, 2.45) is 26.9 Å². The maximum Gasteiger partial charge on any atom is 0.252 e. The molecule has 0 bridgehead atoms. The Kier molecular flexibility index (Phi) is 18.5. The van der Waals surface area contributed by atoms with Crippen LogP contribution in [0.3, 0.4) is 0 Å². The highest BCUT2D eigenvalue weighted by molar-refractivity contribution is 5.83. The average molecular weight is 658 g/mol. The third-order valence-electron chi connectivity index (χ3n) is 8.71. The van der Waals surface area contributed by atoms with Gasteiger partial charge in [0, 0.05) is 37.0 Å². The van der Waals surface area contributed by atoms with Crippen molar-refractivity contribution in [3.8, 4) is 0 Å². The Morgan fingerprint density at radius 3 is 1.74 bits per heavy atom. The van der Waals surface area contributed by atoms with E-state index < -0.39 is 52.7 Å². The summed E-state index contributed by atoms with van der Waals surface area (Å²) < 4.78 is 0. The number of amides is 2. The Labute approximate surface area is 277 Å². The van der Waals surface area contributed by atoms with Crippen molar-refractivity contribution in [2.45, 2.75) is 162 Å². The number of hydrogen-bond donors (Lipinski definition) is 9. The number of amidine groups is 2. The van der Waals surface area contributed by atoms with Crippen LogP contribution in [0.25, 0.3) is 0 Å². The normalized spacial score (nSPS) is 16.5. The van der Waals surface area contributed by atoms with Gasteiger partial charge < -0.3 is 47.8 Å². The van der Waals surface area contributed by atoms with Crippen LogP contribution in [-0.4, -0.2) is 105 Å². The number of hydrogen-bond acceptors (Lipinski definition) is 9. The van der Waals surface area contributed by atoms with Gasteiger partial charge in [0.1, 0.15) is 12.2 Å². The lowest BCUT2D eigenvalue weighted by molar-refractivity contribution is -0.156. The molecular formula is C33H67N7O6. The van der Waals surface area contributed by atoms with Crippen LogP contribution < -0.4 is 27.4 Å². The van der Waals surface area contributed by atoms with Crippen LogP contribution in [0.1, 0.15) is 121 Å². The minimum atomic E-state index is -2.08. The first kappa shape index (κ1) is 43.7. The Hall–Kier alpha value is -2.32. The van der Waals surface area contributed by atoms with Crippen molar-refractivity contribution >= 4 is 23.5 Å². The van der Waals surface area contributed by atoms with Gasteiger partial charge in [0.15, 0.2) is 12.2 Å². The quantitative estimate of drug-likeness (QED) is 0.0466. The average Bonchev–Trinajstić information content (AvgIpc) is 2.94. The maximum absolute atomic E-state index is 12.5. The van der Waals surface area contributed by atoms with Gasteiger partial charge in [-0.25, -0.2) is 0 Å². The predicted octanol–water partition coefficient (Wildman–Crippen LogP) is 1.49. The zero-order valence-corrected chi connectivity index (χ0v) is 30.2. The number of nitrogens with one attached hydrogen (secondary N) is 3. The maximum atomic E-state index is 12.5. The lowest BCUT2D eigenvalue weighted by atomic mass is 9.72. The molecule has 0 saturated heterocycles. The fourth-order valence-electron chi connectivity index (χ4n) is 4.33. The van der Waals surface area contributed by atoms with Crippen LogP contribution in [-0.2, 0) is 9.59 Å². The molecule has 0 unspecified atom stereocenters. The number of unbranched alkanes of at least 4 members (excludes halogenated alkanes) is 3. The zero-order chi connectivity index (χ0) is 35.9. The molecule has 270 valence electrons. The number of carbonyl (C=O) groups is 2. The van der Waals surface area contributed by atoms with Gasteiger partial charge in [0.2, 0.25) is 0 Å². The van der Waals surface area contributed by atoms with Gasteiger partial charge in [-0.15, -0.1) is 0 Å². The highest BCUT2D eigenvalue weighted by Crippen LogP contribution is 2.37. The second-order valence-corrected chi connectivity index (χ2v) is 15.1. The molecule has 0 aromatic heterocycles.